The molecule has 8 nitrogen and oxygen atoms in total. The third kappa shape index (κ3) is 22.5. The molecular formula is C12H30O8P2. The molecule has 0 heterocycles. The summed E-state index contributed by atoms with van der Waals surface area (Å²) in [5.41, 5.74) is 0. The molecule has 10 heteroatoms. The van der Waals surface area contributed by atoms with E-state index in [1.54, 1.807) is 7.11 Å². The number of unbranched alkanes of at least 4 members (excludes halogenated alkanes) is 2. The first-order valence-electron chi connectivity index (χ1n) is 7.24. The van der Waals surface area contributed by atoms with Gasteiger partial charge in [-0.15, -0.1) is 0 Å². The summed E-state index contributed by atoms with van der Waals surface area (Å²) in [4.78, 5) is 18.0. The van der Waals surface area contributed by atoms with Crippen molar-refractivity contribution in [1.29, 1.82) is 0 Å². The molecule has 0 spiro atoms. The highest BCUT2D eigenvalue weighted by Crippen LogP contribution is 2.43. The van der Waals surface area contributed by atoms with Gasteiger partial charge in [0.2, 0.25) is 0 Å². The van der Waals surface area contributed by atoms with E-state index < -0.39 is 15.4 Å². The van der Waals surface area contributed by atoms with E-state index in [0.29, 0.717) is 19.3 Å². The zero-order valence-corrected chi connectivity index (χ0v) is 15.7. The van der Waals surface area contributed by atoms with Crippen LogP contribution in [-0.4, -0.2) is 50.0 Å². The van der Waals surface area contributed by atoms with Gasteiger partial charge >= 0.3 is 15.4 Å². The normalized spacial score (nSPS) is 16.3. The quantitative estimate of drug-likeness (QED) is 0.401. The summed E-state index contributed by atoms with van der Waals surface area (Å²) < 4.78 is 40.6. The molecule has 0 saturated heterocycles. The van der Waals surface area contributed by atoms with E-state index in [2.05, 4.69) is 9.26 Å². The monoisotopic (exact) mass is 364 g/mol. The van der Waals surface area contributed by atoms with Crippen LogP contribution in [0, 0.1) is 0 Å². The summed E-state index contributed by atoms with van der Waals surface area (Å²) in [7, 11) is -5.70. The van der Waals surface area contributed by atoms with E-state index in [4.69, 9.17) is 13.9 Å². The Balaban J connectivity index is 0. The van der Waals surface area contributed by atoms with Crippen LogP contribution in [0.5, 0.6) is 0 Å². The molecule has 2 N–H and O–H groups in total. The van der Waals surface area contributed by atoms with Gasteiger partial charge in [-0.05, 0) is 26.2 Å². The zero-order valence-electron chi connectivity index (χ0n) is 13.9. The number of hydrogen-bond donors (Lipinski definition) is 2. The van der Waals surface area contributed by atoms with Gasteiger partial charge in [-0.25, -0.2) is 4.57 Å². The van der Waals surface area contributed by atoms with Gasteiger partial charge < -0.3 is 19.0 Å². The summed E-state index contributed by atoms with van der Waals surface area (Å²) in [6.07, 6.45) is 2.48. The van der Waals surface area contributed by atoms with E-state index in [1.807, 2.05) is 13.8 Å². The highest BCUT2D eigenvalue weighted by molar-refractivity contribution is 7.51. The first-order chi connectivity index (χ1) is 10.2. The average molecular weight is 364 g/mol. The first-order valence-corrected chi connectivity index (χ1v) is 10.8. The SMILES string of the molecule is CCCCOP(=O)(O)OCCCCOP(C)(=O)O.CCOC. The molecule has 0 aliphatic carbocycles. The minimum Gasteiger partial charge on any atom is -0.385 e. The number of phosphoric ester groups is 1. The van der Waals surface area contributed by atoms with Crippen LogP contribution in [0.1, 0.15) is 39.5 Å². The van der Waals surface area contributed by atoms with Crippen LogP contribution in [0.3, 0.4) is 0 Å². The van der Waals surface area contributed by atoms with Crippen molar-refractivity contribution in [3.8, 4) is 0 Å². The summed E-state index contributed by atoms with van der Waals surface area (Å²) in [5.74, 6) is 0. The smallest absolute Gasteiger partial charge is 0.385 e. The van der Waals surface area contributed by atoms with Gasteiger partial charge in [0.05, 0.1) is 19.8 Å². The number of phosphoric acid groups is 1. The fourth-order valence-electron chi connectivity index (χ4n) is 0.979. The van der Waals surface area contributed by atoms with Crippen molar-refractivity contribution < 1.29 is 37.2 Å². The molecule has 0 amide bonds. The number of methoxy groups -OCH3 is 1. The Labute approximate surface area is 133 Å². The maximum atomic E-state index is 11.3. The number of ether oxygens (including phenoxy) is 1. The maximum Gasteiger partial charge on any atom is 0.472 e. The van der Waals surface area contributed by atoms with Gasteiger partial charge in [0.1, 0.15) is 0 Å². The molecule has 0 aromatic rings. The van der Waals surface area contributed by atoms with Crippen LogP contribution in [-0.2, 0) is 27.4 Å². The molecular weight excluding hydrogens is 334 g/mol. The zero-order chi connectivity index (χ0) is 17.5. The van der Waals surface area contributed by atoms with Gasteiger partial charge in [-0.3, -0.25) is 13.6 Å². The molecule has 22 heavy (non-hydrogen) atoms. The van der Waals surface area contributed by atoms with Crippen molar-refractivity contribution in [1.82, 2.24) is 0 Å². The molecule has 136 valence electrons. The van der Waals surface area contributed by atoms with E-state index in [0.717, 1.165) is 19.7 Å². The Kier molecular flexibility index (Phi) is 16.5. The second-order valence-corrected chi connectivity index (χ2v) is 7.73. The Bertz CT molecular complexity index is 329. The van der Waals surface area contributed by atoms with Crippen molar-refractivity contribution in [3.05, 3.63) is 0 Å². The maximum absolute atomic E-state index is 11.3. The molecule has 0 saturated carbocycles. The fourth-order valence-corrected chi connectivity index (χ4v) is 2.24. The first kappa shape index (κ1) is 24.5. The lowest BCUT2D eigenvalue weighted by atomic mass is 10.3. The molecule has 0 aromatic carbocycles. The molecule has 2 unspecified atom stereocenters. The van der Waals surface area contributed by atoms with E-state index in [-0.39, 0.29) is 19.8 Å². The third-order valence-corrected chi connectivity index (χ3v) is 3.84. The van der Waals surface area contributed by atoms with Crippen LogP contribution in [0.15, 0.2) is 0 Å². The van der Waals surface area contributed by atoms with Crippen molar-refractivity contribution >= 4 is 15.4 Å². The highest BCUT2D eigenvalue weighted by atomic mass is 31.2. The second kappa shape index (κ2) is 14.8. The lowest BCUT2D eigenvalue weighted by Gasteiger charge is -2.12. The van der Waals surface area contributed by atoms with Gasteiger partial charge in [-0.1, -0.05) is 13.3 Å². The van der Waals surface area contributed by atoms with Gasteiger partial charge in [0, 0.05) is 20.4 Å². The van der Waals surface area contributed by atoms with Crippen LogP contribution in [0.2, 0.25) is 0 Å². The topological polar surface area (TPSA) is 112 Å². The Morgan fingerprint density at radius 2 is 1.27 bits per heavy atom. The highest BCUT2D eigenvalue weighted by Gasteiger charge is 2.19. The summed E-state index contributed by atoms with van der Waals surface area (Å²) in [5, 5.41) is 0. The number of rotatable bonds is 12. The summed E-state index contributed by atoms with van der Waals surface area (Å²) in [6, 6.07) is 0. The Hall–Kier alpha value is 0.220. The van der Waals surface area contributed by atoms with Crippen LogP contribution >= 0.6 is 15.4 Å². The van der Waals surface area contributed by atoms with Crippen molar-refractivity contribution in [2.75, 3.05) is 40.2 Å². The van der Waals surface area contributed by atoms with Crippen LogP contribution in [0.4, 0.5) is 0 Å². The summed E-state index contributed by atoms with van der Waals surface area (Å²) >= 11 is 0. The molecule has 2 atom stereocenters. The van der Waals surface area contributed by atoms with Crippen molar-refractivity contribution in [3.63, 3.8) is 0 Å². The molecule has 0 rings (SSSR count). The standard InChI is InChI=1S/C9H22O7P2.C3H8O/c1-3-4-7-15-18(12,13)16-9-6-5-8-14-17(2,10)11;1-3-4-2/h3-9H2,1-2H3,(H,10,11)(H,12,13);3H2,1-2H3. The van der Waals surface area contributed by atoms with Gasteiger partial charge in [-0.2, -0.15) is 0 Å². The van der Waals surface area contributed by atoms with E-state index in [1.165, 1.54) is 0 Å². The molecule has 0 fully saturated rings. The minimum atomic E-state index is -3.95. The van der Waals surface area contributed by atoms with Gasteiger partial charge in [0.15, 0.2) is 0 Å². The molecule has 0 radical (unpaired) electrons. The van der Waals surface area contributed by atoms with E-state index >= 15 is 0 Å². The fraction of sp³-hybridized carbons (Fsp3) is 1.00. The Morgan fingerprint density at radius 1 is 0.864 bits per heavy atom. The van der Waals surface area contributed by atoms with E-state index in [9.17, 15) is 14.0 Å². The predicted octanol–water partition coefficient (Wildman–Crippen LogP) is 3.18. The van der Waals surface area contributed by atoms with Gasteiger partial charge in [0.25, 0.3) is 0 Å². The molecule has 0 bridgehead atoms. The largest absolute Gasteiger partial charge is 0.472 e. The lowest BCUT2D eigenvalue weighted by Crippen LogP contribution is -2.00. The minimum absolute atomic E-state index is 0.0444. The molecule has 0 aliphatic rings. The third-order valence-electron chi connectivity index (χ3n) is 2.16. The number of hydrogen-bond acceptors (Lipinski definition) is 6. The molecule has 0 aromatic heterocycles. The predicted molar refractivity (Wildman–Crippen MR) is 85.1 cm³/mol. The average Bonchev–Trinajstić information content (AvgIpc) is 2.42. The lowest BCUT2D eigenvalue weighted by molar-refractivity contribution is 0.143. The molecule has 0 aliphatic heterocycles. The van der Waals surface area contributed by atoms with Crippen molar-refractivity contribution in [2.24, 2.45) is 0 Å². The van der Waals surface area contributed by atoms with Crippen LogP contribution in [0.25, 0.3) is 0 Å². The summed E-state index contributed by atoms with van der Waals surface area (Å²) in [6.45, 7) is 6.17. The Morgan fingerprint density at radius 3 is 1.64 bits per heavy atom. The second-order valence-electron chi connectivity index (χ2n) is 4.41. The van der Waals surface area contributed by atoms with Crippen LogP contribution < -0.4 is 0 Å². The van der Waals surface area contributed by atoms with Crippen molar-refractivity contribution in [2.45, 2.75) is 39.5 Å².